The van der Waals surface area contributed by atoms with Crippen LogP contribution < -0.4 is 11.1 Å². The van der Waals surface area contributed by atoms with E-state index in [1.54, 1.807) is 0 Å². The fourth-order valence-electron chi connectivity index (χ4n) is 1.08. The number of carbonyl (C=O) groups excluding carboxylic acids is 2. The van der Waals surface area contributed by atoms with Gasteiger partial charge in [0.1, 0.15) is 6.04 Å². The molecule has 0 rings (SSSR count). The van der Waals surface area contributed by atoms with Crippen molar-refractivity contribution in [2.45, 2.75) is 18.9 Å². The SMILES string of the molecule is C=CCN(C)C(=O)N[C@@H](CCC(N)=O)C(=O)O. The average Bonchev–Trinajstić information content (AvgIpc) is 2.23. The molecule has 0 saturated carbocycles. The molecule has 0 aromatic carbocycles. The Balaban J connectivity index is 4.33. The number of hydrogen-bond acceptors (Lipinski definition) is 3. The Morgan fingerprint density at radius 3 is 2.53 bits per heavy atom. The zero-order chi connectivity index (χ0) is 13.4. The highest BCUT2D eigenvalue weighted by Crippen LogP contribution is 1.98. The van der Waals surface area contributed by atoms with Crippen molar-refractivity contribution in [3.63, 3.8) is 0 Å². The van der Waals surface area contributed by atoms with Gasteiger partial charge in [0.25, 0.3) is 0 Å². The van der Waals surface area contributed by atoms with Crippen LogP contribution in [-0.4, -0.2) is 47.5 Å². The Bertz CT molecular complexity index is 317. The van der Waals surface area contributed by atoms with Gasteiger partial charge in [-0.1, -0.05) is 6.08 Å². The number of carboxylic acids is 1. The molecule has 0 spiro atoms. The maximum atomic E-state index is 11.5. The van der Waals surface area contributed by atoms with E-state index in [4.69, 9.17) is 10.8 Å². The summed E-state index contributed by atoms with van der Waals surface area (Å²) < 4.78 is 0. The highest BCUT2D eigenvalue weighted by molar-refractivity contribution is 5.83. The number of carbonyl (C=O) groups is 3. The summed E-state index contributed by atoms with van der Waals surface area (Å²) in [5.74, 6) is -1.81. The number of likely N-dealkylation sites (N-methyl/N-ethyl adjacent to an activating group) is 1. The Morgan fingerprint density at radius 2 is 2.12 bits per heavy atom. The first-order valence-corrected chi connectivity index (χ1v) is 5.02. The zero-order valence-corrected chi connectivity index (χ0v) is 9.68. The fourth-order valence-corrected chi connectivity index (χ4v) is 1.08. The first-order chi connectivity index (χ1) is 7.88. The van der Waals surface area contributed by atoms with E-state index in [1.807, 2.05) is 0 Å². The number of nitrogens with two attached hydrogens (primary N) is 1. The molecule has 0 aliphatic carbocycles. The third-order valence-electron chi connectivity index (χ3n) is 2.02. The minimum atomic E-state index is -1.20. The van der Waals surface area contributed by atoms with Gasteiger partial charge >= 0.3 is 12.0 Å². The van der Waals surface area contributed by atoms with E-state index in [9.17, 15) is 14.4 Å². The first kappa shape index (κ1) is 14.9. The predicted molar refractivity (Wildman–Crippen MR) is 61.2 cm³/mol. The van der Waals surface area contributed by atoms with Gasteiger partial charge in [-0.15, -0.1) is 6.58 Å². The smallest absolute Gasteiger partial charge is 0.326 e. The summed E-state index contributed by atoms with van der Waals surface area (Å²) in [5.41, 5.74) is 4.91. The van der Waals surface area contributed by atoms with Crippen molar-refractivity contribution in [1.82, 2.24) is 10.2 Å². The van der Waals surface area contributed by atoms with Crippen LogP contribution in [0.4, 0.5) is 4.79 Å². The molecule has 1 atom stereocenters. The molecule has 0 unspecified atom stereocenters. The third kappa shape index (κ3) is 6.18. The molecule has 4 N–H and O–H groups in total. The van der Waals surface area contributed by atoms with Gasteiger partial charge in [0, 0.05) is 20.0 Å². The lowest BCUT2D eigenvalue weighted by Gasteiger charge is -2.19. The summed E-state index contributed by atoms with van der Waals surface area (Å²) in [6.07, 6.45) is 1.39. The molecule has 0 aromatic heterocycles. The molecule has 0 saturated heterocycles. The molecular weight excluding hydrogens is 226 g/mol. The second kappa shape index (κ2) is 7.26. The number of rotatable bonds is 7. The van der Waals surface area contributed by atoms with Gasteiger partial charge in [0.05, 0.1) is 0 Å². The van der Waals surface area contributed by atoms with Crippen LogP contribution in [0.2, 0.25) is 0 Å². The van der Waals surface area contributed by atoms with E-state index in [2.05, 4.69) is 11.9 Å². The van der Waals surface area contributed by atoms with E-state index in [1.165, 1.54) is 18.0 Å². The number of aliphatic carboxylic acids is 1. The Morgan fingerprint density at radius 1 is 1.53 bits per heavy atom. The lowest BCUT2D eigenvalue weighted by atomic mass is 10.1. The maximum Gasteiger partial charge on any atom is 0.326 e. The van der Waals surface area contributed by atoms with Crippen LogP contribution in [0, 0.1) is 0 Å². The van der Waals surface area contributed by atoms with Crippen molar-refractivity contribution in [3.05, 3.63) is 12.7 Å². The van der Waals surface area contributed by atoms with Crippen molar-refractivity contribution >= 4 is 17.9 Å². The zero-order valence-electron chi connectivity index (χ0n) is 9.68. The molecule has 0 aliphatic rings. The van der Waals surface area contributed by atoms with Gasteiger partial charge in [0.2, 0.25) is 5.91 Å². The summed E-state index contributed by atoms with van der Waals surface area (Å²) in [6, 6.07) is -1.66. The van der Waals surface area contributed by atoms with Crippen LogP contribution in [-0.2, 0) is 9.59 Å². The van der Waals surface area contributed by atoms with Crippen LogP contribution in [0.5, 0.6) is 0 Å². The maximum absolute atomic E-state index is 11.5. The molecule has 7 heteroatoms. The molecule has 0 bridgehead atoms. The number of primary amides is 1. The highest BCUT2D eigenvalue weighted by Gasteiger charge is 2.21. The van der Waals surface area contributed by atoms with E-state index in [0.717, 1.165) is 0 Å². The molecule has 0 aliphatic heterocycles. The molecule has 7 nitrogen and oxygen atoms in total. The molecule has 0 fully saturated rings. The van der Waals surface area contributed by atoms with Crippen molar-refractivity contribution in [3.8, 4) is 0 Å². The topological polar surface area (TPSA) is 113 Å². The van der Waals surface area contributed by atoms with E-state index < -0.39 is 23.9 Å². The normalized spacial score (nSPS) is 11.4. The van der Waals surface area contributed by atoms with Crippen molar-refractivity contribution in [1.29, 1.82) is 0 Å². The standard InChI is InChI=1S/C10H17N3O4/c1-3-6-13(2)10(17)12-7(9(15)16)4-5-8(11)14/h3,7H,1,4-6H2,2H3,(H2,11,14)(H,12,17)(H,15,16)/t7-/m0/s1. The van der Waals surface area contributed by atoms with Crippen LogP contribution in [0.25, 0.3) is 0 Å². The molecule has 0 heterocycles. The van der Waals surface area contributed by atoms with Gasteiger partial charge < -0.3 is 21.1 Å². The lowest BCUT2D eigenvalue weighted by Crippen LogP contribution is -2.47. The van der Waals surface area contributed by atoms with E-state index >= 15 is 0 Å². The molecule has 96 valence electrons. The number of nitrogens with zero attached hydrogens (tertiary/aromatic N) is 1. The summed E-state index contributed by atoms with van der Waals surface area (Å²) in [6.45, 7) is 3.76. The van der Waals surface area contributed by atoms with Crippen LogP contribution in [0.15, 0.2) is 12.7 Å². The molecule has 0 radical (unpaired) electrons. The molecule has 0 aromatic rings. The second-order valence-corrected chi connectivity index (χ2v) is 3.51. The van der Waals surface area contributed by atoms with Crippen LogP contribution >= 0.6 is 0 Å². The second-order valence-electron chi connectivity index (χ2n) is 3.51. The number of nitrogens with one attached hydrogen (secondary N) is 1. The third-order valence-corrected chi connectivity index (χ3v) is 2.02. The van der Waals surface area contributed by atoms with Gasteiger partial charge in [-0.25, -0.2) is 9.59 Å². The average molecular weight is 243 g/mol. The minimum Gasteiger partial charge on any atom is -0.480 e. The molecule has 17 heavy (non-hydrogen) atoms. The number of urea groups is 1. The van der Waals surface area contributed by atoms with Crippen molar-refractivity contribution in [2.24, 2.45) is 5.73 Å². The highest BCUT2D eigenvalue weighted by atomic mass is 16.4. The van der Waals surface area contributed by atoms with Gasteiger partial charge in [0.15, 0.2) is 0 Å². The number of carboxylic acid groups (broad SMARTS) is 1. The molecular formula is C10H17N3O4. The first-order valence-electron chi connectivity index (χ1n) is 5.02. The summed E-state index contributed by atoms with van der Waals surface area (Å²) in [4.78, 5) is 34.1. The van der Waals surface area contributed by atoms with Crippen molar-refractivity contribution < 1.29 is 19.5 Å². The lowest BCUT2D eigenvalue weighted by molar-refractivity contribution is -0.139. The summed E-state index contributed by atoms with van der Waals surface area (Å²) in [7, 11) is 1.50. The Kier molecular flexibility index (Phi) is 6.39. The van der Waals surface area contributed by atoms with Crippen LogP contribution in [0.1, 0.15) is 12.8 Å². The monoisotopic (exact) mass is 243 g/mol. The number of hydrogen-bond donors (Lipinski definition) is 3. The van der Waals surface area contributed by atoms with Crippen molar-refractivity contribution in [2.75, 3.05) is 13.6 Å². The van der Waals surface area contributed by atoms with Gasteiger partial charge in [-0.2, -0.15) is 0 Å². The van der Waals surface area contributed by atoms with Crippen LogP contribution in [0.3, 0.4) is 0 Å². The Hall–Kier alpha value is -2.05. The minimum absolute atomic E-state index is 0.0294. The molecule has 3 amide bonds. The quantitative estimate of drug-likeness (QED) is 0.525. The van der Waals surface area contributed by atoms with E-state index in [0.29, 0.717) is 6.54 Å². The summed E-state index contributed by atoms with van der Waals surface area (Å²) >= 11 is 0. The predicted octanol–water partition coefficient (Wildman–Crippen LogP) is -0.467. The fraction of sp³-hybridized carbons (Fsp3) is 0.500. The largest absolute Gasteiger partial charge is 0.480 e. The van der Waals surface area contributed by atoms with E-state index in [-0.39, 0.29) is 12.8 Å². The van der Waals surface area contributed by atoms with Gasteiger partial charge in [-0.05, 0) is 6.42 Å². The number of amides is 3. The summed E-state index contributed by atoms with van der Waals surface area (Å²) in [5, 5.41) is 11.1. The Labute approximate surface area is 99.3 Å². The van der Waals surface area contributed by atoms with Gasteiger partial charge in [-0.3, -0.25) is 4.79 Å².